The molecule has 1 heterocycles. The van der Waals surface area contributed by atoms with Gasteiger partial charge in [0, 0.05) is 17.9 Å². The summed E-state index contributed by atoms with van der Waals surface area (Å²) in [7, 11) is 0. The lowest BCUT2D eigenvalue weighted by Crippen LogP contribution is -2.09. The molecular formula is C8H13ClN2O2. The second-order valence-electron chi connectivity index (χ2n) is 2.96. The predicted octanol–water partition coefficient (Wildman–Crippen LogP) is 1.51. The van der Waals surface area contributed by atoms with E-state index in [1.165, 1.54) is 0 Å². The smallest absolute Gasteiger partial charge is 0.309 e. The second kappa shape index (κ2) is 4.87. The molecule has 0 aliphatic heterocycles. The van der Waals surface area contributed by atoms with Crippen LogP contribution in [0.2, 0.25) is 0 Å². The van der Waals surface area contributed by atoms with Crippen LogP contribution in [0.3, 0.4) is 0 Å². The minimum absolute atomic E-state index is 0. The van der Waals surface area contributed by atoms with Crippen LogP contribution >= 0.6 is 12.4 Å². The van der Waals surface area contributed by atoms with Crippen LogP contribution in [0.15, 0.2) is 12.5 Å². The number of carboxylic acids is 1. The number of imidazole rings is 1. The zero-order valence-corrected chi connectivity index (χ0v) is 8.41. The third-order valence-corrected chi connectivity index (χ3v) is 1.63. The van der Waals surface area contributed by atoms with Gasteiger partial charge in [0.25, 0.3) is 0 Å². The third-order valence-electron chi connectivity index (χ3n) is 1.63. The van der Waals surface area contributed by atoms with Gasteiger partial charge in [-0.05, 0) is 13.8 Å². The Bertz CT molecular complexity index is 283. The zero-order chi connectivity index (χ0) is 9.14. The van der Waals surface area contributed by atoms with Crippen molar-refractivity contribution in [3.8, 4) is 0 Å². The molecule has 74 valence electrons. The molecule has 1 N–H and O–H groups in total. The van der Waals surface area contributed by atoms with E-state index in [0.29, 0.717) is 0 Å². The van der Waals surface area contributed by atoms with Gasteiger partial charge in [-0.1, -0.05) is 0 Å². The van der Waals surface area contributed by atoms with Crippen LogP contribution in [-0.2, 0) is 11.2 Å². The monoisotopic (exact) mass is 204 g/mol. The number of hydrogen-bond donors (Lipinski definition) is 1. The molecule has 0 saturated carbocycles. The first-order valence-corrected chi connectivity index (χ1v) is 3.83. The first kappa shape index (κ1) is 12.0. The molecule has 0 fully saturated rings. The Morgan fingerprint density at radius 2 is 2.31 bits per heavy atom. The summed E-state index contributed by atoms with van der Waals surface area (Å²) in [6.45, 7) is 3.99. The molecule has 4 nitrogen and oxygen atoms in total. The fraction of sp³-hybridized carbons (Fsp3) is 0.500. The van der Waals surface area contributed by atoms with Crippen molar-refractivity contribution in [3.63, 3.8) is 0 Å². The Labute approximate surface area is 83.0 Å². The van der Waals surface area contributed by atoms with E-state index in [9.17, 15) is 4.79 Å². The van der Waals surface area contributed by atoms with E-state index >= 15 is 0 Å². The minimum Gasteiger partial charge on any atom is -0.481 e. The molecule has 0 spiro atoms. The molecule has 0 radical (unpaired) electrons. The van der Waals surface area contributed by atoms with Crippen LogP contribution in [0.25, 0.3) is 0 Å². The molecule has 0 atom stereocenters. The maximum atomic E-state index is 10.4. The van der Waals surface area contributed by atoms with Crippen molar-refractivity contribution >= 4 is 18.4 Å². The summed E-state index contributed by atoms with van der Waals surface area (Å²) in [5, 5.41) is 8.55. The van der Waals surface area contributed by atoms with Crippen LogP contribution in [0, 0.1) is 0 Å². The molecule has 5 heteroatoms. The van der Waals surface area contributed by atoms with Gasteiger partial charge in [-0.25, -0.2) is 4.98 Å². The highest BCUT2D eigenvalue weighted by atomic mass is 35.5. The molecular weight excluding hydrogens is 192 g/mol. The minimum atomic E-state index is -0.822. The van der Waals surface area contributed by atoms with Crippen molar-refractivity contribution in [2.75, 3.05) is 0 Å². The average molecular weight is 205 g/mol. The summed E-state index contributed by atoms with van der Waals surface area (Å²) in [6, 6.07) is 0.266. The Morgan fingerprint density at radius 1 is 1.69 bits per heavy atom. The van der Waals surface area contributed by atoms with Crippen LogP contribution in [0.5, 0.6) is 0 Å². The van der Waals surface area contributed by atoms with Gasteiger partial charge >= 0.3 is 5.97 Å². The van der Waals surface area contributed by atoms with E-state index in [4.69, 9.17) is 5.11 Å². The van der Waals surface area contributed by atoms with Gasteiger partial charge in [-0.2, -0.15) is 0 Å². The predicted molar refractivity (Wildman–Crippen MR) is 51.2 cm³/mol. The number of carbonyl (C=O) groups is 1. The van der Waals surface area contributed by atoms with E-state index < -0.39 is 5.97 Å². The Kier molecular flexibility index (Phi) is 4.48. The van der Waals surface area contributed by atoms with Crippen molar-refractivity contribution in [3.05, 3.63) is 18.2 Å². The van der Waals surface area contributed by atoms with E-state index in [0.717, 1.165) is 5.69 Å². The van der Waals surface area contributed by atoms with Gasteiger partial charge in [0.1, 0.15) is 0 Å². The molecule has 0 aliphatic rings. The maximum absolute atomic E-state index is 10.4. The number of aromatic nitrogens is 2. The molecule has 0 aliphatic carbocycles. The van der Waals surface area contributed by atoms with Crippen molar-refractivity contribution in [1.29, 1.82) is 0 Å². The van der Waals surface area contributed by atoms with Crippen LogP contribution < -0.4 is 0 Å². The summed E-state index contributed by atoms with van der Waals surface area (Å²) >= 11 is 0. The first-order valence-electron chi connectivity index (χ1n) is 3.83. The average Bonchev–Trinajstić information content (AvgIpc) is 2.33. The normalized spacial score (nSPS) is 9.77. The number of hydrogen-bond acceptors (Lipinski definition) is 2. The highest BCUT2D eigenvalue weighted by Gasteiger charge is 2.08. The first-order chi connectivity index (χ1) is 5.61. The van der Waals surface area contributed by atoms with Gasteiger partial charge in [-0.15, -0.1) is 12.4 Å². The molecule has 0 saturated heterocycles. The molecule has 0 unspecified atom stereocenters. The molecule has 0 aromatic carbocycles. The standard InChI is InChI=1S/C8H12N2O2.ClH/c1-6(2)10-5-9-4-7(10)3-8(11)12;/h4-6H,3H2,1-2H3,(H,11,12);1H. The molecule has 1 aromatic heterocycles. The van der Waals surface area contributed by atoms with E-state index in [-0.39, 0.29) is 24.9 Å². The van der Waals surface area contributed by atoms with Crippen LogP contribution in [0.4, 0.5) is 0 Å². The second-order valence-corrected chi connectivity index (χ2v) is 2.96. The summed E-state index contributed by atoms with van der Waals surface area (Å²) in [5.74, 6) is -0.822. The highest BCUT2D eigenvalue weighted by Crippen LogP contribution is 2.08. The molecule has 13 heavy (non-hydrogen) atoms. The third kappa shape index (κ3) is 3.06. The number of aliphatic carboxylic acids is 1. The number of nitrogens with zero attached hydrogens (tertiary/aromatic N) is 2. The van der Waals surface area contributed by atoms with Gasteiger partial charge < -0.3 is 9.67 Å². The maximum Gasteiger partial charge on any atom is 0.309 e. The summed E-state index contributed by atoms with van der Waals surface area (Å²) in [5.41, 5.74) is 0.748. The van der Waals surface area contributed by atoms with Crippen molar-refractivity contribution < 1.29 is 9.90 Å². The summed E-state index contributed by atoms with van der Waals surface area (Å²) in [4.78, 5) is 14.3. The van der Waals surface area contributed by atoms with E-state index in [1.54, 1.807) is 12.5 Å². The molecule has 1 rings (SSSR count). The van der Waals surface area contributed by atoms with E-state index in [1.807, 2.05) is 18.4 Å². The molecule has 0 amide bonds. The van der Waals surface area contributed by atoms with Crippen LogP contribution in [0.1, 0.15) is 25.6 Å². The topological polar surface area (TPSA) is 55.1 Å². The highest BCUT2D eigenvalue weighted by molar-refractivity contribution is 5.85. The van der Waals surface area contributed by atoms with E-state index in [2.05, 4.69) is 4.98 Å². The quantitative estimate of drug-likeness (QED) is 0.812. The van der Waals surface area contributed by atoms with Gasteiger partial charge in [0.05, 0.1) is 12.7 Å². The lowest BCUT2D eigenvalue weighted by molar-refractivity contribution is -0.136. The van der Waals surface area contributed by atoms with Crippen molar-refractivity contribution in [1.82, 2.24) is 9.55 Å². The zero-order valence-electron chi connectivity index (χ0n) is 7.60. The van der Waals surface area contributed by atoms with Crippen LogP contribution in [-0.4, -0.2) is 20.6 Å². The summed E-state index contributed by atoms with van der Waals surface area (Å²) in [6.07, 6.45) is 3.29. The van der Waals surface area contributed by atoms with Gasteiger partial charge in [0.2, 0.25) is 0 Å². The number of carboxylic acid groups (broad SMARTS) is 1. The van der Waals surface area contributed by atoms with Gasteiger partial charge in [0.15, 0.2) is 0 Å². The number of halogens is 1. The number of rotatable bonds is 3. The Hall–Kier alpha value is -1.03. The lowest BCUT2D eigenvalue weighted by atomic mass is 10.3. The van der Waals surface area contributed by atoms with Crippen molar-refractivity contribution in [2.45, 2.75) is 26.3 Å². The van der Waals surface area contributed by atoms with Crippen molar-refractivity contribution in [2.24, 2.45) is 0 Å². The molecule has 1 aromatic rings. The largest absolute Gasteiger partial charge is 0.481 e. The van der Waals surface area contributed by atoms with Gasteiger partial charge in [-0.3, -0.25) is 4.79 Å². The fourth-order valence-electron chi connectivity index (χ4n) is 1.09. The lowest BCUT2D eigenvalue weighted by Gasteiger charge is -2.09. The Balaban J connectivity index is 0.00000144. The molecule has 0 bridgehead atoms. The fourth-order valence-corrected chi connectivity index (χ4v) is 1.09. The SMILES string of the molecule is CC(C)n1cncc1CC(=O)O.Cl. The Morgan fingerprint density at radius 3 is 2.77 bits per heavy atom. The summed E-state index contributed by atoms with van der Waals surface area (Å²) < 4.78 is 1.86.